The van der Waals surface area contributed by atoms with Gasteiger partial charge in [0.05, 0.1) is 18.6 Å². The van der Waals surface area contributed by atoms with E-state index >= 15 is 0 Å². The summed E-state index contributed by atoms with van der Waals surface area (Å²) in [5.74, 6) is -0.519. The van der Waals surface area contributed by atoms with Gasteiger partial charge in [-0.15, -0.1) is 0 Å². The second-order valence-electron chi connectivity index (χ2n) is 9.28. The van der Waals surface area contributed by atoms with E-state index in [1.165, 1.54) is 14.2 Å². The lowest BCUT2D eigenvalue weighted by molar-refractivity contribution is -0.124. The van der Waals surface area contributed by atoms with Crippen LogP contribution in [0.4, 0.5) is 0 Å². The first-order chi connectivity index (χ1) is 14.2. The van der Waals surface area contributed by atoms with Gasteiger partial charge in [-0.1, -0.05) is 51.1 Å². The normalized spacial score (nSPS) is 14.7. The van der Waals surface area contributed by atoms with Crippen molar-refractivity contribution in [3.8, 4) is 0 Å². The molecule has 1 N–H and O–H groups in total. The smallest absolute Gasteiger partial charge is 0.337 e. The van der Waals surface area contributed by atoms with E-state index in [0.29, 0.717) is 0 Å². The molecule has 1 aromatic rings. The van der Waals surface area contributed by atoms with Crippen LogP contribution in [0.15, 0.2) is 30.3 Å². The van der Waals surface area contributed by atoms with Crippen molar-refractivity contribution in [1.82, 2.24) is 5.32 Å². The van der Waals surface area contributed by atoms with Crippen molar-refractivity contribution >= 4 is 27.6 Å². The van der Waals surface area contributed by atoms with Crippen LogP contribution < -0.4 is 5.32 Å². The number of hydrogen-bond donors (Lipinski definition) is 1. The van der Waals surface area contributed by atoms with E-state index in [2.05, 4.69) is 39.2 Å². The van der Waals surface area contributed by atoms with Crippen LogP contribution in [0.3, 0.4) is 0 Å². The highest BCUT2D eigenvalue weighted by molar-refractivity contribution is 7.54. The topological polar surface area (TPSA) is 90.9 Å². The van der Waals surface area contributed by atoms with Gasteiger partial charge in [0, 0.05) is 20.6 Å². The van der Waals surface area contributed by atoms with Gasteiger partial charge in [0.2, 0.25) is 5.91 Å². The molecule has 31 heavy (non-hydrogen) atoms. The summed E-state index contributed by atoms with van der Waals surface area (Å²) in [4.78, 5) is 25.4. The number of nitrogens with one attached hydrogen (secondary N) is 1. The van der Waals surface area contributed by atoms with Gasteiger partial charge in [0.25, 0.3) is 0 Å². The van der Waals surface area contributed by atoms with Crippen molar-refractivity contribution in [3.63, 3.8) is 0 Å². The van der Waals surface area contributed by atoms with Gasteiger partial charge < -0.3 is 18.8 Å². The highest BCUT2D eigenvalue weighted by Crippen LogP contribution is 2.46. The van der Waals surface area contributed by atoms with Crippen LogP contribution >= 0.6 is 7.60 Å². The molecule has 7 nitrogen and oxygen atoms in total. The molecule has 0 saturated heterocycles. The molecule has 1 aromatic carbocycles. The van der Waals surface area contributed by atoms with Crippen molar-refractivity contribution in [1.29, 1.82) is 0 Å². The van der Waals surface area contributed by atoms with Crippen molar-refractivity contribution in [3.05, 3.63) is 35.9 Å². The standard InChI is InChI=1S/C22H38NO6PSi/c1-17(18-12-10-9-11-13-18)23-21(25)15-20(29-31(7,8)22(2,3)4)14-19(24)16-30(26,27-5)28-6/h9-13,17,20H,14-16H2,1-8H3,(H,23,25)/t17-,20+/m0/s1. The fourth-order valence-electron chi connectivity index (χ4n) is 2.82. The van der Waals surface area contributed by atoms with Gasteiger partial charge in [-0.2, -0.15) is 0 Å². The number of carbonyl (C=O) groups is 2. The Morgan fingerprint density at radius 2 is 1.61 bits per heavy atom. The second-order valence-corrected chi connectivity index (χ2v) is 16.3. The number of rotatable bonds is 12. The largest absolute Gasteiger partial charge is 0.413 e. The van der Waals surface area contributed by atoms with Crippen LogP contribution in [0, 0.1) is 0 Å². The van der Waals surface area contributed by atoms with Crippen LogP contribution in [-0.4, -0.2) is 46.5 Å². The predicted molar refractivity (Wildman–Crippen MR) is 126 cm³/mol. The molecule has 0 bridgehead atoms. The Bertz CT molecular complexity index is 770. The Balaban J connectivity index is 2.92. The molecule has 0 aliphatic heterocycles. The maximum Gasteiger partial charge on any atom is 0.337 e. The highest BCUT2D eigenvalue weighted by atomic mass is 31.2. The molecular weight excluding hydrogens is 433 g/mol. The average molecular weight is 472 g/mol. The third-order valence-corrected chi connectivity index (χ3v) is 12.1. The number of amides is 1. The monoisotopic (exact) mass is 471 g/mol. The summed E-state index contributed by atoms with van der Waals surface area (Å²) in [6.45, 7) is 12.4. The second kappa shape index (κ2) is 11.5. The van der Waals surface area contributed by atoms with E-state index in [-0.39, 0.29) is 41.8 Å². The summed E-state index contributed by atoms with van der Waals surface area (Å²) in [6.07, 6.45) is -0.950. The first kappa shape index (κ1) is 27.7. The Kier molecular flexibility index (Phi) is 10.3. The van der Waals surface area contributed by atoms with Crippen molar-refractivity contribution in [2.24, 2.45) is 0 Å². The summed E-state index contributed by atoms with van der Waals surface area (Å²) in [6, 6.07) is 9.50. The first-order valence-electron chi connectivity index (χ1n) is 10.5. The third kappa shape index (κ3) is 8.98. The van der Waals surface area contributed by atoms with Crippen LogP contribution in [0.25, 0.3) is 0 Å². The quantitative estimate of drug-likeness (QED) is 0.337. The molecule has 0 radical (unpaired) electrons. The van der Waals surface area contributed by atoms with E-state index in [9.17, 15) is 14.2 Å². The minimum absolute atomic E-state index is 0.0314. The van der Waals surface area contributed by atoms with Gasteiger partial charge in [0.15, 0.2) is 8.32 Å². The Morgan fingerprint density at radius 1 is 1.06 bits per heavy atom. The number of hydrogen-bond acceptors (Lipinski definition) is 6. The summed E-state index contributed by atoms with van der Waals surface area (Å²) in [5, 5.41) is 2.89. The van der Waals surface area contributed by atoms with E-state index in [1.54, 1.807) is 0 Å². The third-order valence-electron chi connectivity index (χ3n) is 5.74. The number of carbonyl (C=O) groups excluding carboxylic acids is 2. The van der Waals surface area contributed by atoms with Gasteiger partial charge in [-0.25, -0.2) is 0 Å². The summed E-state index contributed by atoms with van der Waals surface area (Å²) >= 11 is 0. The molecule has 0 aliphatic carbocycles. The van der Waals surface area contributed by atoms with Gasteiger partial charge >= 0.3 is 7.60 Å². The molecule has 0 unspecified atom stereocenters. The molecule has 176 valence electrons. The molecule has 0 saturated carbocycles. The molecule has 0 heterocycles. The first-order valence-corrected chi connectivity index (χ1v) is 15.1. The van der Waals surface area contributed by atoms with Gasteiger partial charge in [-0.05, 0) is 30.6 Å². The average Bonchev–Trinajstić information content (AvgIpc) is 2.66. The number of ketones is 1. The lowest BCUT2D eigenvalue weighted by atomic mass is 10.1. The molecule has 0 spiro atoms. The minimum Gasteiger partial charge on any atom is -0.413 e. The molecule has 0 fully saturated rings. The van der Waals surface area contributed by atoms with Crippen LogP contribution in [0.5, 0.6) is 0 Å². The minimum atomic E-state index is -3.47. The Labute approximate surface area is 187 Å². The fraction of sp³-hybridized carbons (Fsp3) is 0.636. The van der Waals surface area contributed by atoms with Crippen molar-refractivity contribution in [2.75, 3.05) is 20.4 Å². The van der Waals surface area contributed by atoms with Crippen molar-refractivity contribution < 1.29 is 27.6 Å². The summed E-state index contributed by atoms with van der Waals surface area (Å²) < 4.78 is 28.5. The molecular formula is C22H38NO6PSi. The Morgan fingerprint density at radius 3 is 2.10 bits per heavy atom. The molecule has 2 atom stereocenters. The predicted octanol–water partition coefficient (Wildman–Crippen LogP) is 5.09. The fourth-order valence-corrected chi connectivity index (χ4v) is 5.14. The maximum absolute atomic E-state index is 12.8. The lowest BCUT2D eigenvalue weighted by Gasteiger charge is -2.39. The van der Waals surface area contributed by atoms with E-state index < -0.39 is 22.0 Å². The summed E-state index contributed by atoms with van der Waals surface area (Å²) in [7, 11) is -3.21. The number of benzene rings is 1. The highest BCUT2D eigenvalue weighted by Gasteiger charge is 2.40. The van der Waals surface area contributed by atoms with Gasteiger partial charge in [0.1, 0.15) is 11.9 Å². The molecule has 1 amide bonds. The SMILES string of the molecule is COP(=O)(CC(=O)C[C@H](CC(=O)N[C@@H](C)c1ccccc1)O[Si](C)(C)C(C)(C)C)OC. The van der Waals surface area contributed by atoms with E-state index in [1.807, 2.05) is 37.3 Å². The van der Waals surface area contributed by atoms with Crippen molar-refractivity contribution in [2.45, 2.75) is 70.8 Å². The maximum atomic E-state index is 12.8. The Hall–Kier alpha value is -1.31. The lowest BCUT2D eigenvalue weighted by Crippen LogP contribution is -2.45. The van der Waals surface area contributed by atoms with Crippen LogP contribution in [0.2, 0.25) is 18.1 Å². The summed E-state index contributed by atoms with van der Waals surface area (Å²) in [5.41, 5.74) is 0.995. The van der Waals surface area contributed by atoms with E-state index in [4.69, 9.17) is 13.5 Å². The molecule has 0 aliphatic rings. The molecule has 1 rings (SSSR count). The van der Waals surface area contributed by atoms with E-state index in [0.717, 1.165) is 5.56 Å². The van der Waals surface area contributed by atoms with Gasteiger partial charge in [-0.3, -0.25) is 14.2 Å². The zero-order chi connectivity index (χ0) is 23.9. The number of Topliss-reactive ketones (excluding diaryl/α,β-unsaturated/α-hetero) is 1. The zero-order valence-corrected chi connectivity index (χ0v) is 22.0. The van der Waals surface area contributed by atoms with Crippen LogP contribution in [0.1, 0.15) is 52.1 Å². The van der Waals surface area contributed by atoms with Crippen LogP contribution in [-0.2, 0) is 27.6 Å². The molecule has 0 aromatic heterocycles. The molecule has 9 heteroatoms. The zero-order valence-electron chi connectivity index (χ0n) is 20.1.